The van der Waals surface area contributed by atoms with Crippen molar-refractivity contribution in [3.05, 3.63) is 0 Å². The number of rotatable bonds is 2. The fourth-order valence-corrected chi connectivity index (χ4v) is 0.597. The van der Waals surface area contributed by atoms with Crippen molar-refractivity contribution in [1.29, 1.82) is 0 Å². The standard InChI is InChI=1S/C8H16O2.Li.H/c1-5-6-7(9)10-8(2,3)4;;/h5-6H2,1-4H3;;. The van der Waals surface area contributed by atoms with E-state index < -0.39 is 0 Å². The van der Waals surface area contributed by atoms with Gasteiger partial charge in [0.05, 0.1) is 0 Å². The molecule has 0 aromatic rings. The number of ether oxygens (including phenoxy) is 1. The van der Waals surface area contributed by atoms with Crippen LogP contribution in [0.2, 0.25) is 0 Å². The SMILES string of the molecule is CCCC(=O)OC(C)(C)C.[LiH]. The molecule has 0 amide bonds. The van der Waals surface area contributed by atoms with Crippen LogP contribution in [0.25, 0.3) is 0 Å². The fourth-order valence-electron chi connectivity index (χ4n) is 0.597. The van der Waals surface area contributed by atoms with Crippen LogP contribution in [0.5, 0.6) is 0 Å². The number of carbonyl (C=O) groups excluding carboxylic acids is 1. The van der Waals surface area contributed by atoms with E-state index in [1.165, 1.54) is 0 Å². The molecule has 0 atom stereocenters. The second-order valence-corrected chi connectivity index (χ2v) is 3.34. The Morgan fingerprint density at radius 2 is 1.82 bits per heavy atom. The molecule has 0 rings (SSSR count). The van der Waals surface area contributed by atoms with E-state index in [1.807, 2.05) is 27.7 Å². The Morgan fingerprint density at radius 3 is 2.09 bits per heavy atom. The number of hydrogen-bond donors (Lipinski definition) is 0. The van der Waals surface area contributed by atoms with Crippen LogP contribution in [0.15, 0.2) is 0 Å². The zero-order chi connectivity index (χ0) is 8.20. The molecule has 0 unspecified atom stereocenters. The molecule has 0 N–H and O–H groups in total. The fraction of sp³-hybridized carbons (Fsp3) is 0.875. The molecule has 0 bridgehead atoms. The Labute approximate surface area is 80.9 Å². The van der Waals surface area contributed by atoms with Crippen LogP contribution in [-0.4, -0.2) is 30.4 Å². The van der Waals surface area contributed by atoms with Gasteiger partial charge in [0.1, 0.15) is 5.60 Å². The van der Waals surface area contributed by atoms with E-state index in [9.17, 15) is 4.79 Å². The summed E-state index contributed by atoms with van der Waals surface area (Å²) in [6.45, 7) is 7.59. The zero-order valence-corrected chi connectivity index (χ0v) is 7.23. The summed E-state index contributed by atoms with van der Waals surface area (Å²) in [5.74, 6) is -0.102. The molecule has 0 saturated carbocycles. The first-order valence-corrected chi connectivity index (χ1v) is 3.67. The van der Waals surface area contributed by atoms with Gasteiger partial charge >= 0.3 is 24.8 Å². The van der Waals surface area contributed by atoms with Gasteiger partial charge in [0.25, 0.3) is 0 Å². The van der Waals surface area contributed by atoms with Gasteiger partial charge in [-0.2, -0.15) is 0 Å². The molecule has 0 aliphatic rings. The third kappa shape index (κ3) is 10.1. The van der Waals surface area contributed by atoms with Crippen molar-refractivity contribution in [2.24, 2.45) is 0 Å². The molecule has 0 aromatic heterocycles. The van der Waals surface area contributed by atoms with Crippen LogP contribution >= 0.6 is 0 Å². The van der Waals surface area contributed by atoms with Gasteiger partial charge in [-0.3, -0.25) is 4.79 Å². The third-order valence-corrected chi connectivity index (χ3v) is 0.874. The van der Waals surface area contributed by atoms with Crippen LogP contribution in [0.4, 0.5) is 0 Å². The van der Waals surface area contributed by atoms with Crippen molar-refractivity contribution in [1.82, 2.24) is 0 Å². The predicted octanol–water partition coefficient (Wildman–Crippen LogP) is 1.48. The van der Waals surface area contributed by atoms with Gasteiger partial charge in [-0.1, -0.05) is 6.92 Å². The van der Waals surface area contributed by atoms with E-state index in [0.717, 1.165) is 6.42 Å². The molecule has 0 heterocycles. The van der Waals surface area contributed by atoms with E-state index in [2.05, 4.69) is 0 Å². The summed E-state index contributed by atoms with van der Waals surface area (Å²) >= 11 is 0. The molecule has 11 heavy (non-hydrogen) atoms. The second-order valence-electron chi connectivity index (χ2n) is 3.34. The molecule has 0 saturated heterocycles. The molecule has 0 aromatic carbocycles. The number of esters is 1. The summed E-state index contributed by atoms with van der Waals surface area (Å²) in [5, 5.41) is 0. The molecule has 0 spiro atoms. The Balaban J connectivity index is 0. The summed E-state index contributed by atoms with van der Waals surface area (Å²) < 4.78 is 5.04. The number of hydrogen-bond acceptors (Lipinski definition) is 2. The van der Waals surface area contributed by atoms with E-state index in [-0.39, 0.29) is 30.4 Å². The molecule has 0 aliphatic carbocycles. The van der Waals surface area contributed by atoms with Crippen molar-refractivity contribution in [3.8, 4) is 0 Å². The molecular formula is C8H17LiO2. The van der Waals surface area contributed by atoms with Crippen molar-refractivity contribution in [2.75, 3.05) is 0 Å². The Morgan fingerprint density at radius 1 is 1.36 bits per heavy atom. The first kappa shape index (κ1) is 13.6. The second kappa shape index (κ2) is 5.68. The van der Waals surface area contributed by atoms with Crippen LogP contribution < -0.4 is 0 Å². The molecule has 0 aliphatic heterocycles. The zero-order valence-electron chi connectivity index (χ0n) is 7.23. The Hall–Kier alpha value is 0.0674. The van der Waals surface area contributed by atoms with Gasteiger partial charge in [0.15, 0.2) is 0 Å². The van der Waals surface area contributed by atoms with Gasteiger partial charge in [-0.05, 0) is 27.2 Å². The number of carbonyl (C=O) groups is 1. The monoisotopic (exact) mass is 152 g/mol. The van der Waals surface area contributed by atoms with E-state index >= 15 is 0 Å². The molecule has 0 fully saturated rings. The van der Waals surface area contributed by atoms with Crippen molar-refractivity contribution in [2.45, 2.75) is 46.1 Å². The van der Waals surface area contributed by atoms with E-state index in [4.69, 9.17) is 4.74 Å². The summed E-state index contributed by atoms with van der Waals surface area (Å²) in [6.07, 6.45) is 1.38. The predicted molar refractivity (Wildman–Crippen MR) is 47.9 cm³/mol. The van der Waals surface area contributed by atoms with Gasteiger partial charge < -0.3 is 4.74 Å². The molecule has 0 radical (unpaired) electrons. The Kier molecular flexibility index (Phi) is 7.05. The third-order valence-electron chi connectivity index (χ3n) is 0.874. The van der Waals surface area contributed by atoms with Crippen molar-refractivity contribution in [3.63, 3.8) is 0 Å². The molecule has 62 valence electrons. The quantitative estimate of drug-likeness (QED) is 0.442. The average molecular weight is 152 g/mol. The van der Waals surface area contributed by atoms with Gasteiger partial charge in [-0.25, -0.2) is 0 Å². The minimum absolute atomic E-state index is 0. The Bertz CT molecular complexity index is 116. The van der Waals surface area contributed by atoms with Gasteiger partial charge in [-0.15, -0.1) is 0 Å². The van der Waals surface area contributed by atoms with E-state index in [0.29, 0.717) is 6.42 Å². The minimum atomic E-state index is -0.327. The van der Waals surface area contributed by atoms with Crippen LogP contribution in [0.3, 0.4) is 0 Å². The van der Waals surface area contributed by atoms with Crippen LogP contribution in [-0.2, 0) is 9.53 Å². The van der Waals surface area contributed by atoms with Gasteiger partial charge in [0.2, 0.25) is 0 Å². The van der Waals surface area contributed by atoms with Crippen LogP contribution in [0.1, 0.15) is 40.5 Å². The summed E-state index contributed by atoms with van der Waals surface area (Å²) in [7, 11) is 0. The maximum atomic E-state index is 10.8. The first-order valence-electron chi connectivity index (χ1n) is 3.67. The molecular weight excluding hydrogens is 135 g/mol. The van der Waals surface area contributed by atoms with Crippen LogP contribution in [0, 0.1) is 0 Å². The molecule has 3 heteroatoms. The maximum absolute atomic E-state index is 10.8. The van der Waals surface area contributed by atoms with Crippen molar-refractivity contribution >= 4 is 24.8 Å². The summed E-state index contributed by atoms with van der Waals surface area (Å²) in [4.78, 5) is 10.8. The molecule has 2 nitrogen and oxygen atoms in total. The van der Waals surface area contributed by atoms with Gasteiger partial charge in [0, 0.05) is 6.42 Å². The van der Waals surface area contributed by atoms with E-state index in [1.54, 1.807) is 0 Å². The average Bonchev–Trinajstić information content (AvgIpc) is 1.59. The topological polar surface area (TPSA) is 26.3 Å². The first-order chi connectivity index (χ1) is 4.45. The normalized spacial score (nSPS) is 10.2. The van der Waals surface area contributed by atoms with Crippen molar-refractivity contribution < 1.29 is 9.53 Å². The summed E-state index contributed by atoms with van der Waals surface area (Å²) in [5.41, 5.74) is -0.327. The summed E-state index contributed by atoms with van der Waals surface area (Å²) in [6, 6.07) is 0.